The van der Waals surface area contributed by atoms with Crippen LogP contribution >= 0.6 is 11.6 Å². The average molecular weight is 363 g/mol. The standard InChI is InChI=1S/C18H19ClN2O4/c1-12-10-15(21-25-12)20-16(22)11-24-17(23)18(8-2-3-9-18)13-4-6-14(19)7-5-13/h4-7,10H,2-3,8-9,11H2,1H3,(H,20,21,22). The summed E-state index contributed by atoms with van der Waals surface area (Å²) in [7, 11) is 0. The molecule has 0 atom stereocenters. The Bertz CT molecular complexity index is 764. The second-order valence-electron chi connectivity index (χ2n) is 6.24. The lowest BCUT2D eigenvalue weighted by molar-refractivity contribution is -0.153. The van der Waals surface area contributed by atoms with Gasteiger partial charge in [0.25, 0.3) is 5.91 Å². The minimum absolute atomic E-state index is 0.298. The fourth-order valence-electron chi connectivity index (χ4n) is 3.23. The molecule has 1 aromatic heterocycles. The van der Waals surface area contributed by atoms with Crippen LogP contribution in [0.1, 0.15) is 37.0 Å². The van der Waals surface area contributed by atoms with Gasteiger partial charge in [0, 0.05) is 11.1 Å². The molecule has 0 aliphatic heterocycles. The molecule has 2 aromatic rings. The molecule has 7 heteroatoms. The first-order valence-electron chi connectivity index (χ1n) is 8.16. The molecule has 1 N–H and O–H groups in total. The van der Waals surface area contributed by atoms with Crippen molar-refractivity contribution in [3.8, 4) is 0 Å². The number of benzene rings is 1. The second kappa shape index (κ2) is 7.27. The van der Waals surface area contributed by atoms with Crippen LogP contribution in [0.3, 0.4) is 0 Å². The minimum Gasteiger partial charge on any atom is -0.455 e. The van der Waals surface area contributed by atoms with Crippen molar-refractivity contribution in [2.45, 2.75) is 38.0 Å². The van der Waals surface area contributed by atoms with Crippen molar-refractivity contribution in [1.29, 1.82) is 0 Å². The van der Waals surface area contributed by atoms with E-state index in [2.05, 4.69) is 10.5 Å². The van der Waals surface area contributed by atoms with Gasteiger partial charge < -0.3 is 14.6 Å². The normalized spacial score (nSPS) is 15.8. The zero-order chi connectivity index (χ0) is 17.9. The van der Waals surface area contributed by atoms with Gasteiger partial charge >= 0.3 is 5.97 Å². The van der Waals surface area contributed by atoms with Crippen molar-refractivity contribution in [3.63, 3.8) is 0 Å². The zero-order valence-corrected chi connectivity index (χ0v) is 14.6. The molecular weight excluding hydrogens is 344 g/mol. The third-order valence-corrected chi connectivity index (χ3v) is 4.73. The smallest absolute Gasteiger partial charge is 0.317 e. The van der Waals surface area contributed by atoms with E-state index in [4.69, 9.17) is 20.9 Å². The van der Waals surface area contributed by atoms with Crippen LogP contribution in [0.15, 0.2) is 34.9 Å². The van der Waals surface area contributed by atoms with Gasteiger partial charge in [-0.05, 0) is 37.5 Å². The fourth-order valence-corrected chi connectivity index (χ4v) is 3.36. The summed E-state index contributed by atoms with van der Waals surface area (Å²) in [6, 6.07) is 8.83. The van der Waals surface area contributed by atoms with Gasteiger partial charge in [0.2, 0.25) is 0 Å². The highest BCUT2D eigenvalue weighted by atomic mass is 35.5. The van der Waals surface area contributed by atoms with E-state index in [-0.39, 0.29) is 12.6 Å². The number of hydrogen-bond acceptors (Lipinski definition) is 5. The Balaban J connectivity index is 1.65. The lowest BCUT2D eigenvalue weighted by Gasteiger charge is -2.27. The third kappa shape index (κ3) is 3.85. The minimum atomic E-state index is -0.699. The number of aromatic nitrogens is 1. The Morgan fingerprint density at radius 1 is 1.28 bits per heavy atom. The summed E-state index contributed by atoms with van der Waals surface area (Å²) in [6.45, 7) is 1.36. The van der Waals surface area contributed by atoms with E-state index >= 15 is 0 Å². The number of aryl methyl sites for hydroxylation is 1. The Morgan fingerprint density at radius 2 is 1.96 bits per heavy atom. The summed E-state index contributed by atoms with van der Waals surface area (Å²) >= 11 is 5.94. The first-order chi connectivity index (χ1) is 12.0. The van der Waals surface area contributed by atoms with E-state index in [1.54, 1.807) is 25.1 Å². The van der Waals surface area contributed by atoms with Crippen LogP contribution in [-0.4, -0.2) is 23.6 Å². The summed E-state index contributed by atoms with van der Waals surface area (Å²) in [5, 5.41) is 6.82. The van der Waals surface area contributed by atoms with E-state index < -0.39 is 11.3 Å². The Hall–Kier alpha value is -2.34. The molecule has 1 heterocycles. The number of hydrogen-bond donors (Lipinski definition) is 1. The predicted octanol–water partition coefficient (Wildman–Crippen LogP) is 3.63. The fraction of sp³-hybridized carbons (Fsp3) is 0.389. The number of amides is 1. The average Bonchev–Trinajstić information content (AvgIpc) is 3.23. The first kappa shape index (κ1) is 17.5. The predicted molar refractivity (Wildman–Crippen MR) is 92.4 cm³/mol. The first-order valence-corrected chi connectivity index (χ1v) is 8.54. The van der Waals surface area contributed by atoms with Gasteiger partial charge in [-0.15, -0.1) is 0 Å². The molecule has 132 valence electrons. The molecule has 1 aliphatic carbocycles. The molecule has 0 unspecified atom stereocenters. The lowest BCUT2D eigenvalue weighted by atomic mass is 9.79. The van der Waals surface area contributed by atoms with Crippen molar-refractivity contribution < 1.29 is 18.8 Å². The van der Waals surface area contributed by atoms with Gasteiger partial charge in [-0.3, -0.25) is 9.59 Å². The Labute approximate surface area is 150 Å². The van der Waals surface area contributed by atoms with Crippen LogP contribution in [0, 0.1) is 6.92 Å². The van der Waals surface area contributed by atoms with Crippen molar-refractivity contribution in [3.05, 3.63) is 46.7 Å². The summed E-state index contributed by atoms with van der Waals surface area (Å²) in [5.74, 6) is 0.0523. The summed E-state index contributed by atoms with van der Waals surface area (Å²) in [5.41, 5.74) is 0.182. The number of esters is 1. The maximum absolute atomic E-state index is 12.7. The lowest BCUT2D eigenvalue weighted by Crippen LogP contribution is -2.36. The number of carbonyl (C=O) groups is 2. The molecule has 25 heavy (non-hydrogen) atoms. The van der Waals surface area contributed by atoms with Gasteiger partial charge in [0.05, 0.1) is 5.41 Å². The molecular formula is C18H19ClN2O4. The second-order valence-corrected chi connectivity index (χ2v) is 6.68. The van der Waals surface area contributed by atoms with Gasteiger partial charge in [0.15, 0.2) is 12.4 Å². The monoisotopic (exact) mass is 362 g/mol. The molecule has 1 saturated carbocycles. The largest absolute Gasteiger partial charge is 0.455 e. The third-order valence-electron chi connectivity index (χ3n) is 4.47. The maximum Gasteiger partial charge on any atom is 0.317 e. The molecule has 0 saturated heterocycles. The molecule has 0 bridgehead atoms. The molecule has 0 spiro atoms. The number of rotatable bonds is 5. The summed E-state index contributed by atoms with van der Waals surface area (Å²) in [4.78, 5) is 24.7. The molecule has 6 nitrogen and oxygen atoms in total. The number of anilines is 1. The van der Waals surface area contributed by atoms with Crippen molar-refractivity contribution in [2.24, 2.45) is 0 Å². The summed E-state index contributed by atoms with van der Waals surface area (Å²) in [6.07, 6.45) is 3.30. The molecule has 1 aliphatic rings. The molecule has 1 aromatic carbocycles. The Morgan fingerprint density at radius 3 is 2.56 bits per heavy atom. The highest BCUT2D eigenvalue weighted by Crippen LogP contribution is 2.42. The number of ether oxygens (including phenoxy) is 1. The maximum atomic E-state index is 12.7. The van der Waals surface area contributed by atoms with E-state index in [1.807, 2.05) is 12.1 Å². The van der Waals surface area contributed by atoms with Gasteiger partial charge in [-0.2, -0.15) is 0 Å². The van der Waals surface area contributed by atoms with E-state index in [0.29, 0.717) is 29.4 Å². The number of halogens is 1. The molecule has 0 radical (unpaired) electrons. The van der Waals surface area contributed by atoms with E-state index in [0.717, 1.165) is 18.4 Å². The van der Waals surface area contributed by atoms with Crippen LogP contribution in [0.25, 0.3) is 0 Å². The van der Waals surface area contributed by atoms with Crippen LogP contribution in [0.4, 0.5) is 5.82 Å². The van der Waals surface area contributed by atoms with Crippen LogP contribution in [-0.2, 0) is 19.7 Å². The van der Waals surface area contributed by atoms with Gasteiger partial charge in [-0.1, -0.05) is 41.7 Å². The molecule has 1 amide bonds. The highest BCUT2D eigenvalue weighted by Gasteiger charge is 2.44. The van der Waals surface area contributed by atoms with Crippen molar-refractivity contribution >= 4 is 29.3 Å². The van der Waals surface area contributed by atoms with Crippen LogP contribution in [0.2, 0.25) is 5.02 Å². The zero-order valence-electron chi connectivity index (χ0n) is 13.9. The van der Waals surface area contributed by atoms with Crippen molar-refractivity contribution in [2.75, 3.05) is 11.9 Å². The summed E-state index contributed by atoms with van der Waals surface area (Å²) < 4.78 is 10.2. The topological polar surface area (TPSA) is 81.4 Å². The Kier molecular flexibility index (Phi) is 5.08. The van der Waals surface area contributed by atoms with E-state index in [9.17, 15) is 9.59 Å². The van der Waals surface area contributed by atoms with Gasteiger partial charge in [0.1, 0.15) is 5.76 Å². The van der Waals surface area contributed by atoms with Crippen LogP contribution in [0.5, 0.6) is 0 Å². The number of carbonyl (C=O) groups excluding carboxylic acids is 2. The van der Waals surface area contributed by atoms with Crippen LogP contribution < -0.4 is 5.32 Å². The highest BCUT2D eigenvalue weighted by molar-refractivity contribution is 6.30. The molecule has 1 fully saturated rings. The van der Waals surface area contributed by atoms with E-state index in [1.165, 1.54) is 0 Å². The number of nitrogens with one attached hydrogen (secondary N) is 1. The van der Waals surface area contributed by atoms with Gasteiger partial charge in [-0.25, -0.2) is 0 Å². The SMILES string of the molecule is Cc1cc(NC(=O)COC(=O)C2(c3ccc(Cl)cc3)CCCC2)no1. The quantitative estimate of drug-likeness (QED) is 0.821. The molecule has 3 rings (SSSR count). The van der Waals surface area contributed by atoms with Crippen molar-refractivity contribution in [1.82, 2.24) is 5.16 Å². The number of nitrogens with zero attached hydrogens (tertiary/aromatic N) is 1.